The van der Waals surface area contributed by atoms with Crippen molar-refractivity contribution in [2.45, 2.75) is 59.5 Å². The highest BCUT2D eigenvalue weighted by Crippen LogP contribution is 2.10. The van der Waals surface area contributed by atoms with E-state index in [1.165, 1.54) is 0 Å². The second kappa shape index (κ2) is 12.2. The van der Waals surface area contributed by atoms with Crippen molar-refractivity contribution in [1.82, 2.24) is 0 Å². The Morgan fingerprint density at radius 2 is 1.67 bits per heavy atom. The predicted molar refractivity (Wildman–Crippen MR) is 83.8 cm³/mol. The van der Waals surface area contributed by atoms with Gasteiger partial charge in [-0.2, -0.15) is 0 Å². The number of hydrogen-bond acceptors (Lipinski definition) is 4. The summed E-state index contributed by atoms with van der Waals surface area (Å²) in [5.74, 6) is -1.09. The first-order valence-corrected chi connectivity index (χ1v) is 7.73. The van der Waals surface area contributed by atoms with Gasteiger partial charge in [-0.25, -0.2) is 4.79 Å². The molecule has 2 atom stereocenters. The third kappa shape index (κ3) is 9.05. The van der Waals surface area contributed by atoms with E-state index in [2.05, 4.69) is 19.1 Å². The van der Waals surface area contributed by atoms with Gasteiger partial charge in [-0.05, 0) is 32.6 Å². The number of allylic oxidation sites excluding steroid dienone is 4. The van der Waals surface area contributed by atoms with Gasteiger partial charge in [0.05, 0.1) is 12.5 Å². The summed E-state index contributed by atoms with van der Waals surface area (Å²) in [6, 6.07) is 0. The summed E-state index contributed by atoms with van der Waals surface area (Å²) in [6.45, 7) is 7.70. The summed E-state index contributed by atoms with van der Waals surface area (Å²) in [7, 11) is 0. The molecule has 120 valence electrons. The Bertz CT molecular complexity index is 358. The minimum absolute atomic E-state index is 0.264. The zero-order chi connectivity index (χ0) is 16.1. The largest absolute Gasteiger partial charge is 0.463 e. The van der Waals surface area contributed by atoms with Crippen LogP contribution in [0.3, 0.4) is 0 Å². The monoisotopic (exact) mass is 296 g/mol. The number of esters is 2. The SMILES string of the molecule is CC/C=C\C/C=C\CC(C)C(=O)OC(CC)C(=O)OCC. The minimum atomic E-state index is -0.795. The van der Waals surface area contributed by atoms with Crippen LogP contribution in [-0.4, -0.2) is 24.6 Å². The van der Waals surface area contributed by atoms with Crippen LogP contribution in [0.15, 0.2) is 24.3 Å². The van der Waals surface area contributed by atoms with Crippen LogP contribution in [-0.2, 0) is 19.1 Å². The summed E-state index contributed by atoms with van der Waals surface area (Å²) in [5, 5.41) is 0. The first-order valence-electron chi connectivity index (χ1n) is 7.73. The van der Waals surface area contributed by atoms with E-state index in [1.54, 1.807) is 20.8 Å². The van der Waals surface area contributed by atoms with Crippen molar-refractivity contribution < 1.29 is 19.1 Å². The Kier molecular flexibility index (Phi) is 11.3. The molecule has 4 heteroatoms. The van der Waals surface area contributed by atoms with Crippen LogP contribution in [0.2, 0.25) is 0 Å². The molecule has 0 aliphatic rings. The van der Waals surface area contributed by atoms with Crippen LogP contribution in [0.4, 0.5) is 0 Å². The Labute approximate surface area is 128 Å². The maximum absolute atomic E-state index is 11.9. The molecule has 0 bridgehead atoms. The molecule has 0 heterocycles. The van der Waals surface area contributed by atoms with Gasteiger partial charge in [-0.15, -0.1) is 0 Å². The van der Waals surface area contributed by atoms with Crippen molar-refractivity contribution >= 4 is 11.9 Å². The first-order chi connectivity index (χ1) is 10.1. The molecule has 0 aromatic heterocycles. The van der Waals surface area contributed by atoms with E-state index in [4.69, 9.17) is 9.47 Å². The van der Waals surface area contributed by atoms with Crippen molar-refractivity contribution in [3.8, 4) is 0 Å². The fraction of sp³-hybridized carbons (Fsp3) is 0.647. The highest BCUT2D eigenvalue weighted by atomic mass is 16.6. The van der Waals surface area contributed by atoms with Gasteiger partial charge in [0.1, 0.15) is 0 Å². The van der Waals surface area contributed by atoms with Gasteiger partial charge in [-0.3, -0.25) is 4.79 Å². The lowest BCUT2D eigenvalue weighted by Crippen LogP contribution is -2.30. The molecule has 0 fully saturated rings. The van der Waals surface area contributed by atoms with Gasteiger partial charge in [0.25, 0.3) is 0 Å². The summed E-state index contributed by atoms with van der Waals surface area (Å²) in [5.41, 5.74) is 0. The van der Waals surface area contributed by atoms with E-state index in [-0.39, 0.29) is 18.5 Å². The number of hydrogen-bond donors (Lipinski definition) is 0. The number of carbonyl (C=O) groups excluding carboxylic acids is 2. The molecule has 0 amide bonds. The van der Waals surface area contributed by atoms with Crippen molar-refractivity contribution in [2.75, 3.05) is 6.61 Å². The van der Waals surface area contributed by atoms with Gasteiger partial charge < -0.3 is 9.47 Å². The van der Waals surface area contributed by atoms with Crippen LogP contribution >= 0.6 is 0 Å². The molecule has 4 nitrogen and oxygen atoms in total. The third-order valence-electron chi connectivity index (χ3n) is 2.91. The molecule has 0 N–H and O–H groups in total. The van der Waals surface area contributed by atoms with E-state index in [0.29, 0.717) is 12.8 Å². The normalized spacial score (nSPS) is 14.3. The topological polar surface area (TPSA) is 52.6 Å². The van der Waals surface area contributed by atoms with Crippen molar-refractivity contribution in [1.29, 1.82) is 0 Å². The van der Waals surface area contributed by atoms with E-state index in [9.17, 15) is 9.59 Å². The summed E-state index contributed by atoms with van der Waals surface area (Å²) < 4.78 is 10.1. The summed E-state index contributed by atoms with van der Waals surface area (Å²) in [6.07, 6.45) is 10.3. The average Bonchev–Trinajstić information content (AvgIpc) is 2.47. The van der Waals surface area contributed by atoms with Crippen molar-refractivity contribution in [3.63, 3.8) is 0 Å². The molecule has 0 radical (unpaired) electrons. The quantitative estimate of drug-likeness (QED) is 0.454. The van der Waals surface area contributed by atoms with Crippen LogP contribution < -0.4 is 0 Å². The molecule has 0 saturated carbocycles. The zero-order valence-electron chi connectivity index (χ0n) is 13.6. The van der Waals surface area contributed by atoms with Crippen LogP contribution in [0.5, 0.6) is 0 Å². The molecule has 0 saturated heterocycles. The second-order valence-corrected chi connectivity index (χ2v) is 4.81. The molecule has 0 aliphatic carbocycles. The lowest BCUT2D eigenvalue weighted by Gasteiger charge is -2.17. The van der Waals surface area contributed by atoms with E-state index in [0.717, 1.165) is 12.8 Å². The van der Waals surface area contributed by atoms with Crippen LogP contribution in [0.1, 0.15) is 53.4 Å². The minimum Gasteiger partial charge on any atom is -0.463 e. The Balaban J connectivity index is 4.18. The molecule has 0 aliphatic heterocycles. The summed E-state index contributed by atoms with van der Waals surface area (Å²) >= 11 is 0. The summed E-state index contributed by atoms with van der Waals surface area (Å²) in [4.78, 5) is 23.5. The second-order valence-electron chi connectivity index (χ2n) is 4.81. The van der Waals surface area contributed by atoms with Crippen LogP contribution in [0.25, 0.3) is 0 Å². The fourth-order valence-corrected chi connectivity index (χ4v) is 1.62. The van der Waals surface area contributed by atoms with E-state index in [1.807, 2.05) is 12.2 Å². The first kappa shape index (κ1) is 19.4. The lowest BCUT2D eigenvalue weighted by molar-refractivity contribution is -0.170. The third-order valence-corrected chi connectivity index (χ3v) is 2.91. The van der Waals surface area contributed by atoms with E-state index >= 15 is 0 Å². The van der Waals surface area contributed by atoms with Crippen molar-refractivity contribution in [2.24, 2.45) is 5.92 Å². The maximum Gasteiger partial charge on any atom is 0.347 e. The van der Waals surface area contributed by atoms with Crippen molar-refractivity contribution in [3.05, 3.63) is 24.3 Å². The smallest absolute Gasteiger partial charge is 0.347 e. The molecule has 0 rings (SSSR count). The number of ether oxygens (including phenoxy) is 2. The molecule has 2 unspecified atom stereocenters. The maximum atomic E-state index is 11.9. The molecular weight excluding hydrogens is 268 g/mol. The van der Waals surface area contributed by atoms with Gasteiger partial charge >= 0.3 is 11.9 Å². The van der Waals surface area contributed by atoms with Crippen LogP contribution in [0, 0.1) is 5.92 Å². The Hall–Kier alpha value is -1.58. The standard InChI is InChI=1S/C17H28O4/c1-5-8-9-10-11-12-13-14(4)16(18)21-15(6-2)17(19)20-7-3/h8-9,11-12,14-15H,5-7,10,13H2,1-4H3/b9-8-,12-11-. The Morgan fingerprint density at radius 3 is 2.24 bits per heavy atom. The average molecular weight is 296 g/mol. The molecule has 0 aromatic rings. The predicted octanol–water partition coefficient (Wildman–Crippen LogP) is 3.81. The number of rotatable bonds is 10. The van der Waals surface area contributed by atoms with Gasteiger partial charge in [-0.1, -0.05) is 45.1 Å². The van der Waals surface area contributed by atoms with Gasteiger partial charge in [0.2, 0.25) is 0 Å². The zero-order valence-corrected chi connectivity index (χ0v) is 13.6. The molecule has 0 spiro atoms. The highest BCUT2D eigenvalue weighted by Gasteiger charge is 2.24. The Morgan fingerprint density at radius 1 is 1.00 bits per heavy atom. The lowest BCUT2D eigenvalue weighted by atomic mass is 10.1. The van der Waals surface area contributed by atoms with E-state index < -0.39 is 12.1 Å². The molecular formula is C17H28O4. The van der Waals surface area contributed by atoms with Gasteiger partial charge in [0.15, 0.2) is 6.10 Å². The number of carbonyl (C=O) groups is 2. The highest BCUT2D eigenvalue weighted by molar-refractivity contribution is 5.80. The van der Waals surface area contributed by atoms with Gasteiger partial charge in [0, 0.05) is 0 Å². The fourth-order valence-electron chi connectivity index (χ4n) is 1.62. The molecule has 21 heavy (non-hydrogen) atoms. The molecule has 0 aromatic carbocycles.